The van der Waals surface area contributed by atoms with Crippen LogP contribution in [-0.2, 0) is 0 Å². The quantitative estimate of drug-likeness (QED) is 0.862. The third kappa shape index (κ3) is 3.32. The fraction of sp³-hybridized carbons (Fsp3) is 0.600. The van der Waals surface area contributed by atoms with Gasteiger partial charge in [0, 0.05) is 10.5 Å². The van der Waals surface area contributed by atoms with Crippen molar-refractivity contribution in [3.63, 3.8) is 0 Å². The van der Waals surface area contributed by atoms with Crippen molar-refractivity contribution in [2.24, 2.45) is 17.6 Å². The lowest BCUT2D eigenvalue weighted by molar-refractivity contribution is 0.230. The van der Waals surface area contributed by atoms with Gasteiger partial charge in [-0.25, -0.2) is 0 Å². The number of rotatable bonds is 3. The van der Waals surface area contributed by atoms with Gasteiger partial charge in [-0.05, 0) is 42.4 Å². The van der Waals surface area contributed by atoms with Crippen molar-refractivity contribution in [2.75, 3.05) is 0 Å². The van der Waals surface area contributed by atoms with E-state index >= 15 is 0 Å². The van der Waals surface area contributed by atoms with E-state index in [-0.39, 0.29) is 6.04 Å². The summed E-state index contributed by atoms with van der Waals surface area (Å²) in [7, 11) is 0. The number of halogens is 1. The van der Waals surface area contributed by atoms with Crippen LogP contribution in [0.1, 0.15) is 50.6 Å². The van der Waals surface area contributed by atoms with Gasteiger partial charge in [0.2, 0.25) is 0 Å². The summed E-state index contributed by atoms with van der Waals surface area (Å²) in [6.07, 6.45) is 6.68. The van der Waals surface area contributed by atoms with Gasteiger partial charge in [-0.15, -0.1) is 0 Å². The van der Waals surface area contributed by atoms with Gasteiger partial charge in [-0.1, -0.05) is 54.2 Å². The topological polar surface area (TPSA) is 26.0 Å². The molecule has 17 heavy (non-hydrogen) atoms. The van der Waals surface area contributed by atoms with Crippen molar-refractivity contribution in [2.45, 2.75) is 45.1 Å². The number of hydrogen-bond donors (Lipinski definition) is 1. The van der Waals surface area contributed by atoms with E-state index in [0.29, 0.717) is 5.92 Å². The van der Waals surface area contributed by atoms with Crippen LogP contribution in [0.2, 0.25) is 0 Å². The minimum atomic E-state index is 0.220. The fourth-order valence-electron chi connectivity index (χ4n) is 2.99. The predicted octanol–water partition coefficient (Wildman–Crippen LogP) is 4.67. The molecule has 1 aromatic rings. The average molecular weight is 296 g/mol. The highest BCUT2D eigenvalue weighted by Gasteiger charge is 2.26. The van der Waals surface area contributed by atoms with Crippen LogP contribution >= 0.6 is 15.9 Å². The molecule has 0 radical (unpaired) electrons. The number of nitrogens with two attached hydrogens (primary N) is 1. The molecule has 0 bridgehead atoms. The maximum absolute atomic E-state index is 6.42. The Kier molecular flexibility index (Phi) is 4.63. The van der Waals surface area contributed by atoms with Gasteiger partial charge in [0.15, 0.2) is 0 Å². The molecule has 3 atom stereocenters. The van der Waals surface area contributed by atoms with Crippen molar-refractivity contribution in [3.8, 4) is 0 Å². The Balaban J connectivity index is 2.03. The van der Waals surface area contributed by atoms with Crippen LogP contribution in [0.5, 0.6) is 0 Å². The summed E-state index contributed by atoms with van der Waals surface area (Å²) in [6, 6.07) is 8.72. The molecule has 0 aliphatic heterocycles. The molecule has 2 N–H and O–H groups in total. The molecule has 0 amide bonds. The van der Waals surface area contributed by atoms with Gasteiger partial charge < -0.3 is 5.73 Å². The zero-order valence-electron chi connectivity index (χ0n) is 10.5. The minimum absolute atomic E-state index is 0.220. The van der Waals surface area contributed by atoms with E-state index < -0.39 is 0 Å². The van der Waals surface area contributed by atoms with Crippen molar-refractivity contribution < 1.29 is 0 Å². The van der Waals surface area contributed by atoms with E-state index in [4.69, 9.17) is 5.73 Å². The highest BCUT2D eigenvalue weighted by Crippen LogP contribution is 2.37. The molecule has 1 saturated carbocycles. The molecule has 0 spiro atoms. The standard InChI is InChI=1S/C15H22BrN/c1-2-11-4-3-5-13(10-11)15(17)12-6-8-14(16)9-7-12/h6-9,11,13,15H,2-5,10,17H2,1H3. The molecule has 0 aromatic heterocycles. The summed E-state index contributed by atoms with van der Waals surface area (Å²) >= 11 is 3.47. The molecule has 0 saturated heterocycles. The van der Waals surface area contributed by atoms with E-state index in [1.165, 1.54) is 37.7 Å². The molecule has 94 valence electrons. The zero-order valence-corrected chi connectivity index (χ0v) is 12.1. The van der Waals surface area contributed by atoms with Gasteiger partial charge in [-0.2, -0.15) is 0 Å². The Morgan fingerprint density at radius 2 is 2.00 bits per heavy atom. The van der Waals surface area contributed by atoms with E-state index in [2.05, 4.69) is 47.1 Å². The molecule has 1 aromatic carbocycles. The molecule has 1 aliphatic rings. The zero-order chi connectivity index (χ0) is 12.3. The van der Waals surface area contributed by atoms with Gasteiger partial charge in [0.1, 0.15) is 0 Å². The predicted molar refractivity (Wildman–Crippen MR) is 76.8 cm³/mol. The Morgan fingerprint density at radius 1 is 1.29 bits per heavy atom. The summed E-state index contributed by atoms with van der Waals surface area (Å²) in [5.41, 5.74) is 7.71. The van der Waals surface area contributed by atoms with Gasteiger partial charge in [0.25, 0.3) is 0 Å². The van der Waals surface area contributed by atoms with E-state index in [0.717, 1.165) is 10.4 Å². The Hall–Kier alpha value is -0.340. The fourth-order valence-corrected chi connectivity index (χ4v) is 3.25. The van der Waals surface area contributed by atoms with Gasteiger partial charge in [0.05, 0.1) is 0 Å². The van der Waals surface area contributed by atoms with Crippen molar-refractivity contribution in [1.29, 1.82) is 0 Å². The van der Waals surface area contributed by atoms with E-state index in [1.54, 1.807) is 0 Å². The molecule has 2 rings (SSSR count). The first-order chi connectivity index (χ1) is 8.20. The summed E-state index contributed by atoms with van der Waals surface area (Å²) in [6.45, 7) is 2.30. The normalized spacial score (nSPS) is 26.8. The lowest BCUT2D eigenvalue weighted by Crippen LogP contribution is -2.26. The SMILES string of the molecule is CCC1CCCC(C(N)c2ccc(Br)cc2)C1. The average Bonchev–Trinajstić information content (AvgIpc) is 2.39. The monoisotopic (exact) mass is 295 g/mol. The third-order valence-electron chi connectivity index (χ3n) is 4.16. The Bertz CT molecular complexity index is 346. The summed E-state index contributed by atoms with van der Waals surface area (Å²) in [5.74, 6) is 1.57. The van der Waals surface area contributed by atoms with Crippen molar-refractivity contribution in [3.05, 3.63) is 34.3 Å². The summed E-state index contributed by atoms with van der Waals surface area (Å²) in [4.78, 5) is 0. The molecule has 1 nitrogen and oxygen atoms in total. The lowest BCUT2D eigenvalue weighted by Gasteiger charge is -2.32. The first-order valence-corrected chi connectivity index (χ1v) is 7.51. The molecular weight excluding hydrogens is 274 g/mol. The number of benzene rings is 1. The molecular formula is C15H22BrN. The minimum Gasteiger partial charge on any atom is -0.324 e. The highest BCUT2D eigenvalue weighted by atomic mass is 79.9. The first-order valence-electron chi connectivity index (χ1n) is 6.71. The smallest absolute Gasteiger partial charge is 0.0323 e. The maximum Gasteiger partial charge on any atom is 0.0323 e. The van der Waals surface area contributed by atoms with Crippen LogP contribution < -0.4 is 5.73 Å². The van der Waals surface area contributed by atoms with Crippen molar-refractivity contribution in [1.82, 2.24) is 0 Å². The van der Waals surface area contributed by atoms with Crippen LogP contribution in [0.3, 0.4) is 0 Å². The van der Waals surface area contributed by atoms with Crippen LogP contribution in [-0.4, -0.2) is 0 Å². The number of hydrogen-bond acceptors (Lipinski definition) is 1. The highest BCUT2D eigenvalue weighted by molar-refractivity contribution is 9.10. The largest absolute Gasteiger partial charge is 0.324 e. The second kappa shape index (κ2) is 6.01. The van der Waals surface area contributed by atoms with Crippen LogP contribution in [0.25, 0.3) is 0 Å². The second-order valence-corrected chi connectivity index (χ2v) is 6.19. The summed E-state index contributed by atoms with van der Waals surface area (Å²) in [5, 5.41) is 0. The molecule has 1 fully saturated rings. The van der Waals surface area contributed by atoms with Crippen LogP contribution in [0.15, 0.2) is 28.7 Å². The second-order valence-electron chi connectivity index (χ2n) is 5.28. The van der Waals surface area contributed by atoms with Crippen LogP contribution in [0.4, 0.5) is 0 Å². The maximum atomic E-state index is 6.42. The van der Waals surface area contributed by atoms with E-state index in [1.807, 2.05) is 0 Å². The third-order valence-corrected chi connectivity index (χ3v) is 4.69. The molecule has 0 heterocycles. The first kappa shape index (κ1) is 13.1. The van der Waals surface area contributed by atoms with E-state index in [9.17, 15) is 0 Å². The molecule has 1 aliphatic carbocycles. The Labute approximate surface area is 113 Å². The van der Waals surface area contributed by atoms with Crippen LogP contribution in [0, 0.1) is 11.8 Å². The van der Waals surface area contributed by atoms with Gasteiger partial charge >= 0.3 is 0 Å². The van der Waals surface area contributed by atoms with Gasteiger partial charge in [-0.3, -0.25) is 0 Å². The van der Waals surface area contributed by atoms with Crippen molar-refractivity contribution >= 4 is 15.9 Å². The lowest BCUT2D eigenvalue weighted by atomic mass is 9.75. The molecule has 2 heteroatoms. The molecule has 3 unspecified atom stereocenters. The Morgan fingerprint density at radius 3 is 2.65 bits per heavy atom. The summed E-state index contributed by atoms with van der Waals surface area (Å²) < 4.78 is 1.13.